The lowest BCUT2D eigenvalue weighted by Crippen LogP contribution is -1.99. The molecule has 0 saturated heterocycles. The highest BCUT2D eigenvalue weighted by Gasteiger charge is 2.28. The summed E-state index contributed by atoms with van der Waals surface area (Å²) in [5.74, 6) is -0.503. The summed E-state index contributed by atoms with van der Waals surface area (Å²) < 4.78 is 13.2. The van der Waals surface area contributed by atoms with Crippen molar-refractivity contribution < 1.29 is 9.31 Å². The Balaban J connectivity index is 0.000000606. The SMILES string of the molecule is CC.Nc1cc([N+](=O)[O-])c(F)cc1C1CC1. The smallest absolute Gasteiger partial charge is 0.306 e. The molecule has 2 rings (SSSR count). The second-order valence-electron chi connectivity index (χ2n) is 3.46. The number of nitro groups is 1. The van der Waals surface area contributed by atoms with Crippen molar-refractivity contribution in [3.63, 3.8) is 0 Å². The van der Waals surface area contributed by atoms with Crippen LogP contribution in [0.3, 0.4) is 0 Å². The predicted octanol–water partition coefficient (Wildman–Crippen LogP) is 3.22. The molecule has 0 aliphatic heterocycles. The van der Waals surface area contributed by atoms with Gasteiger partial charge in [-0.2, -0.15) is 4.39 Å². The number of rotatable bonds is 2. The molecular weight excluding hydrogens is 211 g/mol. The number of halogens is 1. The Kier molecular flexibility index (Phi) is 3.82. The summed E-state index contributed by atoms with van der Waals surface area (Å²) in [6.45, 7) is 4.00. The predicted molar refractivity (Wildman–Crippen MR) is 60.8 cm³/mol. The first-order valence-corrected chi connectivity index (χ1v) is 5.33. The van der Waals surface area contributed by atoms with Crippen LogP contribution in [-0.2, 0) is 0 Å². The summed E-state index contributed by atoms with van der Waals surface area (Å²) >= 11 is 0. The van der Waals surface area contributed by atoms with E-state index in [9.17, 15) is 14.5 Å². The standard InChI is InChI=1S/C9H9FN2O2.C2H6/c10-7-3-6(5-1-2-5)8(11)4-9(7)12(13)14;1-2/h3-5H,1-2,11H2;1-2H3. The molecule has 1 aromatic rings. The first-order valence-electron chi connectivity index (χ1n) is 5.33. The molecule has 1 aromatic carbocycles. The Labute approximate surface area is 93.4 Å². The van der Waals surface area contributed by atoms with Gasteiger partial charge in [-0.25, -0.2) is 0 Å². The lowest BCUT2D eigenvalue weighted by atomic mass is 10.1. The molecule has 1 aliphatic carbocycles. The molecule has 0 heterocycles. The second kappa shape index (κ2) is 4.92. The van der Waals surface area contributed by atoms with Crippen LogP contribution in [0.1, 0.15) is 38.2 Å². The molecular formula is C11H15FN2O2. The molecule has 0 aromatic heterocycles. The van der Waals surface area contributed by atoms with Gasteiger partial charge in [0.05, 0.1) is 4.92 Å². The lowest BCUT2D eigenvalue weighted by molar-refractivity contribution is -0.387. The van der Waals surface area contributed by atoms with Gasteiger partial charge in [0.1, 0.15) is 0 Å². The Morgan fingerprint density at radius 3 is 2.44 bits per heavy atom. The van der Waals surface area contributed by atoms with Crippen molar-refractivity contribution in [2.45, 2.75) is 32.6 Å². The fraction of sp³-hybridized carbons (Fsp3) is 0.455. The van der Waals surface area contributed by atoms with Crippen molar-refractivity contribution in [1.82, 2.24) is 0 Å². The van der Waals surface area contributed by atoms with Crippen LogP contribution in [0.2, 0.25) is 0 Å². The van der Waals surface area contributed by atoms with E-state index in [0.29, 0.717) is 17.2 Å². The topological polar surface area (TPSA) is 69.2 Å². The molecule has 0 amide bonds. The minimum absolute atomic E-state index is 0.297. The van der Waals surface area contributed by atoms with Crippen molar-refractivity contribution >= 4 is 11.4 Å². The third-order valence-electron chi connectivity index (χ3n) is 2.37. The van der Waals surface area contributed by atoms with E-state index in [1.165, 1.54) is 6.07 Å². The molecule has 0 unspecified atom stereocenters. The maximum Gasteiger partial charge on any atom is 0.306 e. The van der Waals surface area contributed by atoms with Crippen molar-refractivity contribution in [2.75, 3.05) is 5.73 Å². The molecule has 0 spiro atoms. The van der Waals surface area contributed by atoms with Crippen molar-refractivity contribution in [3.8, 4) is 0 Å². The number of nitro benzene ring substituents is 1. The van der Waals surface area contributed by atoms with Crippen LogP contribution in [0.5, 0.6) is 0 Å². The zero-order chi connectivity index (χ0) is 12.3. The van der Waals surface area contributed by atoms with Gasteiger partial charge in [-0.15, -0.1) is 0 Å². The molecule has 1 aliphatic rings. The highest BCUT2D eigenvalue weighted by Crippen LogP contribution is 2.43. The van der Waals surface area contributed by atoms with Gasteiger partial charge >= 0.3 is 5.69 Å². The lowest BCUT2D eigenvalue weighted by Gasteiger charge is -2.03. The third kappa shape index (κ3) is 2.48. The number of hydrogen-bond donors (Lipinski definition) is 1. The average molecular weight is 226 g/mol. The highest BCUT2D eigenvalue weighted by atomic mass is 19.1. The molecule has 2 N–H and O–H groups in total. The minimum atomic E-state index is -0.800. The highest BCUT2D eigenvalue weighted by molar-refractivity contribution is 5.57. The average Bonchev–Trinajstić information content (AvgIpc) is 3.07. The first kappa shape index (κ1) is 12.4. The molecule has 5 heteroatoms. The van der Waals surface area contributed by atoms with Gasteiger partial charge in [-0.05, 0) is 30.4 Å². The normalized spacial score (nSPS) is 13.9. The van der Waals surface area contributed by atoms with E-state index in [1.54, 1.807) is 0 Å². The summed E-state index contributed by atoms with van der Waals surface area (Å²) in [6, 6.07) is 2.29. The number of benzene rings is 1. The van der Waals surface area contributed by atoms with Crippen LogP contribution in [0.4, 0.5) is 15.8 Å². The zero-order valence-corrected chi connectivity index (χ0v) is 9.37. The largest absolute Gasteiger partial charge is 0.398 e. The molecule has 0 bridgehead atoms. The number of nitrogens with zero attached hydrogens (tertiary/aromatic N) is 1. The first-order chi connectivity index (χ1) is 7.59. The van der Waals surface area contributed by atoms with E-state index >= 15 is 0 Å². The van der Waals surface area contributed by atoms with Crippen molar-refractivity contribution in [3.05, 3.63) is 33.6 Å². The van der Waals surface area contributed by atoms with E-state index in [-0.39, 0.29) is 0 Å². The van der Waals surface area contributed by atoms with Gasteiger partial charge in [-0.1, -0.05) is 13.8 Å². The molecule has 88 valence electrons. The van der Waals surface area contributed by atoms with E-state index in [4.69, 9.17) is 5.73 Å². The van der Waals surface area contributed by atoms with E-state index in [1.807, 2.05) is 13.8 Å². The summed E-state index contributed by atoms with van der Waals surface area (Å²) in [4.78, 5) is 9.62. The Bertz CT molecular complexity index is 403. The number of nitrogen functional groups attached to an aromatic ring is 1. The Morgan fingerprint density at radius 2 is 2.00 bits per heavy atom. The fourth-order valence-corrected chi connectivity index (χ4v) is 1.48. The van der Waals surface area contributed by atoms with Gasteiger partial charge in [-0.3, -0.25) is 10.1 Å². The monoisotopic (exact) mass is 226 g/mol. The molecule has 1 saturated carbocycles. The summed E-state index contributed by atoms with van der Waals surface area (Å²) in [6.07, 6.45) is 1.98. The van der Waals surface area contributed by atoms with Crippen LogP contribution in [0.25, 0.3) is 0 Å². The fourth-order valence-electron chi connectivity index (χ4n) is 1.48. The van der Waals surface area contributed by atoms with E-state index in [0.717, 1.165) is 18.9 Å². The molecule has 1 fully saturated rings. The zero-order valence-electron chi connectivity index (χ0n) is 9.37. The third-order valence-corrected chi connectivity index (χ3v) is 2.37. The maximum atomic E-state index is 13.2. The summed E-state index contributed by atoms with van der Waals surface area (Å²) in [5, 5.41) is 10.4. The van der Waals surface area contributed by atoms with Crippen LogP contribution in [0.15, 0.2) is 12.1 Å². The van der Waals surface area contributed by atoms with E-state index in [2.05, 4.69) is 0 Å². The van der Waals surface area contributed by atoms with E-state index < -0.39 is 16.4 Å². The molecule has 16 heavy (non-hydrogen) atoms. The van der Waals surface area contributed by atoms with Crippen molar-refractivity contribution in [1.29, 1.82) is 0 Å². The van der Waals surface area contributed by atoms with Gasteiger partial charge in [0.2, 0.25) is 5.82 Å². The second-order valence-corrected chi connectivity index (χ2v) is 3.46. The van der Waals surface area contributed by atoms with Gasteiger partial charge < -0.3 is 5.73 Å². The number of hydrogen-bond acceptors (Lipinski definition) is 3. The van der Waals surface area contributed by atoms with Gasteiger partial charge in [0.25, 0.3) is 0 Å². The number of anilines is 1. The molecule has 0 radical (unpaired) electrons. The Hall–Kier alpha value is -1.65. The summed E-state index contributed by atoms with van der Waals surface area (Å²) in [5.41, 5.74) is 6.07. The van der Waals surface area contributed by atoms with Gasteiger partial charge in [0.15, 0.2) is 0 Å². The Morgan fingerprint density at radius 1 is 1.44 bits per heavy atom. The summed E-state index contributed by atoms with van der Waals surface area (Å²) in [7, 11) is 0. The van der Waals surface area contributed by atoms with Crippen LogP contribution >= 0.6 is 0 Å². The maximum absolute atomic E-state index is 13.2. The van der Waals surface area contributed by atoms with Crippen LogP contribution in [0, 0.1) is 15.9 Å². The molecule has 4 nitrogen and oxygen atoms in total. The quantitative estimate of drug-likeness (QED) is 0.478. The minimum Gasteiger partial charge on any atom is -0.398 e. The van der Waals surface area contributed by atoms with Crippen LogP contribution < -0.4 is 5.73 Å². The van der Waals surface area contributed by atoms with Gasteiger partial charge in [0, 0.05) is 11.8 Å². The number of nitrogens with two attached hydrogens (primary N) is 1. The van der Waals surface area contributed by atoms with Crippen molar-refractivity contribution in [2.24, 2.45) is 0 Å². The van der Waals surface area contributed by atoms with Crippen LogP contribution in [-0.4, -0.2) is 4.92 Å². The molecule has 0 atom stereocenters.